The first-order chi connectivity index (χ1) is 7.03. The van der Waals surface area contributed by atoms with Crippen molar-refractivity contribution in [2.24, 2.45) is 0 Å². The van der Waals surface area contributed by atoms with Crippen molar-refractivity contribution >= 4 is 9.84 Å². The maximum atomic E-state index is 10.9. The van der Waals surface area contributed by atoms with Crippen LogP contribution in [0.2, 0.25) is 0 Å². The van der Waals surface area contributed by atoms with Crippen LogP contribution in [0.15, 0.2) is 0 Å². The van der Waals surface area contributed by atoms with E-state index < -0.39 is 9.84 Å². The van der Waals surface area contributed by atoms with Crippen LogP contribution in [0, 0.1) is 0 Å². The minimum Gasteiger partial charge on any atom is -0.314 e. The van der Waals surface area contributed by atoms with E-state index in [1.807, 2.05) is 0 Å². The SMILES string of the molecule is CCN(CCNCCS(C)(=O)=O)C1CC1. The molecule has 0 amide bonds. The third-order valence-electron chi connectivity index (χ3n) is 2.69. The largest absolute Gasteiger partial charge is 0.314 e. The minimum absolute atomic E-state index is 0.239. The Kier molecular flexibility index (Phi) is 5.02. The first-order valence-corrected chi connectivity index (χ1v) is 7.71. The van der Waals surface area contributed by atoms with E-state index in [4.69, 9.17) is 0 Å². The molecule has 5 heteroatoms. The smallest absolute Gasteiger partial charge is 0.148 e. The molecule has 90 valence electrons. The predicted molar refractivity (Wildman–Crippen MR) is 62.8 cm³/mol. The van der Waals surface area contributed by atoms with Gasteiger partial charge in [-0.05, 0) is 19.4 Å². The molecule has 0 aromatic carbocycles. The highest BCUT2D eigenvalue weighted by atomic mass is 32.2. The van der Waals surface area contributed by atoms with E-state index in [0.29, 0.717) is 6.54 Å². The number of rotatable bonds is 8. The monoisotopic (exact) mass is 234 g/mol. The van der Waals surface area contributed by atoms with Crippen molar-refractivity contribution in [2.45, 2.75) is 25.8 Å². The van der Waals surface area contributed by atoms with Crippen molar-refractivity contribution in [3.05, 3.63) is 0 Å². The summed E-state index contributed by atoms with van der Waals surface area (Å²) in [6, 6.07) is 0.798. The molecule has 1 aliphatic carbocycles. The van der Waals surface area contributed by atoms with Gasteiger partial charge in [-0.15, -0.1) is 0 Å². The second kappa shape index (κ2) is 5.82. The van der Waals surface area contributed by atoms with Gasteiger partial charge in [-0.3, -0.25) is 4.90 Å². The highest BCUT2D eigenvalue weighted by Gasteiger charge is 2.26. The first kappa shape index (κ1) is 12.9. The zero-order chi connectivity index (χ0) is 11.3. The van der Waals surface area contributed by atoms with Gasteiger partial charge in [-0.1, -0.05) is 6.92 Å². The molecular formula is C10H22N2O2S. The van der Waals surface area contributed by atoms with E-state index in [9.17, 15) is 8.42 Å². The van der Waals surface area contributed by atoms with E-state index in [1.54, 1.807) is 0 Å². The number of likely N-dealkylation sites (N-methyl/N-ethyl adjacent to an activating group) is 1. The average Bonchev–Trinajstić information content (AvgIpc) is 2.92. The van der Waals surface area contributed by atoms with Crippen molar-refractivity contribution < 1.29 is 8.42 Å². The molecule has 1 N–H and O–H groups in total. The maximum absolute atomic E-state index is 10.9. The quantitative estimate of drug-likeness (QED) is 0.605. The zero-order valence-electron chi connectivity index (χ0n) is 9.70. The van der Waals surface area contributed by atoms with Gasteiger partial charge in [-0.25, -0.2) is 8.42 Å². The molecule has 0 aromatic rings. The van der Waals surface area contributed by atoms with E-state index in [2.05, 4.69) is 17.1 Å². The average molecular weight is 234 g/mol. The maximum Gasteiger partial charge on any atom is 0.148 e. The van der Waals surface area contributed by atoms with Crippen LogP contribution in [0.5, 0.6) is 0 Å². The van der Waals surface area contributed by atoms with Crippen LogP contribution >= 0.6 is 0 Å². The molecule has 0 aliphatic heterocycles. The Labute approximate surface area is 93.0 Å². The van der Waals surface area contributed by atoms with Crippen LogP contribution in [0.25, 0.3) is 0 Å². The molecule has 0 unspecified atom stereocenters. The summed E-state index contributed by atoms with van der Waals surface area (Å²) in [5, 5.41) is 3.17. The second-order valence-electron chi connectivity index (χ2n) is 4.24. The Bertz CT molecular complexity index is 273. The topological polar surface area (TPSA) is 49.4 Å². The summed E-state index contributed by atoms with van der Waals surface area (Å²) >= 11 is 0. The van der Waals surface area contributed by atoms with Gasteiger partial charge in [0.05, 0.1) is 5.75 Å². The normalized spacial score (nSPS) is 17.3. The van der Waals surface area contributed by atoms with E-state index in [1.165, 1.54) is 19.1 Å². The van der Waals surface area contributed by atoms with Crippen LogP contribution < -0.4 is 5.32 Å². The molecule has 0 radical (unpaired) electrons. The van der Waals surface area contributed by atoms with Gasteiger partial charge >= 0.3 is 0 Å². The highest BCUT2D eigenvalue weighted by Crippen LogP contribution is 2.25. The molecule has 0 aromatic heterocycles. The number of hydrogen-bond donors (Lipinski definition) is 1. The molecule has 0 heterocycles. The molecule has 1 fully saturated rings. The zero-order valence-corrected chi connectivity index (χ0v) is 10.5. The van der Waals surface area contributed by atoms with Crippen LogP contribution in [0.1, 0.15) is 19.8 Å². The first-order valence-electron chi connectivity index (χ1n) is 5.65. The lowest BCUT2D eigenvalue weighted by Crippen LogP contribution is -2.35. The summed E-state index contributed by atoms with van der Waals surface area (Å²) in [5.74, 6) is 0.239. The van der Waals surface area contributed by atoms with Crippen LogP contribution in [0.4, 0.5) is 0 Å². The van der Waals surface area contributed by atoms with Crippen LogP contribution in [0.3, 0.4) is 0 Å². The second-order valence-corrected chi connectivity index (χ2v) is 6.50. The summed E-state index contributed by atoms with van der Waals surface area (Å²) in [6.07, 6.45) is 3.94. The van der Waals surface area contributed by atoms with Crippen molar-refractivity contribution in [3.8, 4) is 0 Å². The molecule has 0 bridgehead atoms. The van der Waals surface area contributed by atoms with Gasteiger partial charge in [0.2, 0.25) is 0 Å². The minimum atomic E-state index is -2.81. The fourth-order valence-electron chi connectivity index (χ4n) is 1.64. The molecule has 0 saturated heterocycles. The fourth-order valence-corrected chi connectivity index (χ4v) is 2.16. The standard InChI is InChI=1S/C10H22N2O2S/c1-3-12(10-4-5-10)8-6-11-7-9-15(2,13)14/h10-11H,3-9H2,1-2H3. The lowest BCUT2D eigenvalue weighted by Gasteiger charge is -2.19. The Morgan fingerprint density at radius 2 is 2.00 bits per heavy atom. The van der Waals surface area contributed by atoms with E-state index in [-0.39, 0.29) is 5.75 Å². The summed E-state index contributed by atoms with van der Waals surface area (Å²) < 4.78 is 21.7. The third kappa shape index (κ3) is 6.12. The van der Waals surface area contributed by atoms with Gasteiger partial charge in [0, 0.05) is 31.9 Å². The number of nitrogens with zero attached hydrogens (tertiary/aromatic N) is 1. The molecule has 4 nitrogen and oxygen atoms in total. The van der Waals surface area contributed by atoms with Crippen molar-refractivity contribution in [1.82, 2.24) is 10.2 Å². The molecule has 0 atom stereocenters. The Morgan fingerprint density at radius 3 is 2.47 bits per heavy atom. The third-order valence-corrected chi connectivity index (χ3v) is 3.64. The Balaban J connectivity index is 2.00. The molecule has 1 aliphatic rings. The van der Waals surface area contributed by atoms with Gasteiger partial charge in [0.15, 0.2) is 0 Å². The van der Waals surface area contributed by atoms with E-state index in [0.717, 1.165) is 25.7 Å². The van der Waals surface area contributed by atoms with Crippen molar-refractivity contribution in [2.75, 3.05) is 38.2 Å². The van der Waals surface area contributed by atoms with Crippen LogP contribution in [-0.2, 0) is 9.84 Å². The van der Waals surface area contributed by atoms with Gasteiger partial charge in [0.25, 0.3) is 0 Å². The Morgan fingerprint density at radius 1 is 1.33 bits per heavy atom. The summed E-state index contributed by atoms with van der Waals surface area (Å²) in [5.41, 5.74) is 0. The highest BCUT2D eigenvalue weighted by molar-refractivity contribution is 7.90. The Hall–Kier alpha value is -0.130. The summed E-state index contributed by atoms with van der Waals surface area (Å²) in [6.45, 7) is 5.76. The lowest BCUT2D eigenvalue weighted by atomic mass is 10.4. The molecule has 1 rings (SSSR count). The van der Waals surface area contributed by atoms with Crippen molar-refractivity contribution in [1.29, 1.82) is 0 Å². The molecule has 15 heavy (non-hydrogen) atoms. The fraction of sp³-hybridized carbons (Fsp3) is 1.00. The van der Waals surface area contributed by atoms with Crippen LogP contribution in [-0.4, -0.2) is 57.5 Å². The summed E-state index contributed by atoms with van der Waals surface area (Å²) in [4.78, 5) is 2.45. The molecule has 1 saturated carbocycles. The number of sulfone groups is 1. The number of nitrogens with one attached hydrogen (secondary N) is 1. The van der Waals surface area contributed by atoms with Gasteiger partial charge in [-0.2, -0.15) is 0 Å². The molecular weight excluding hydrogens is 212 g/mol. The predicted octanol–water partition coefficient (Wildman–Crippen LogP) is 0.105. The van der Waals surface area contributed by atoms with Gasteiger partial charge in [0.1, 0.15) is 9.84 Å². The number of hydrogen-bond acceptors (Lipinski definition) is 4. The van der Waals surface area contributed by atoms with E-state index >= 15 is 0 Å². The molecule has 0 spiro atoms. The lowest BCUT2D eigenvalue weighted by molar-refractivity contribution is 0.278. The van der Waals surface area contributed by atoms with Crippen molar-refractivity contribution in [3.63, 3.8) is 0 Å². The van der Waals surface area contributed by atoms with Gasteiger partial charge < -0.3 is 5.32 Å². The summed E-state index contributed by atoms with van der Waals surface area (Å²) in [7, 11) is -2.81.